The molecule has 0 aliphatic heterocycles. The SMILES string of the molecule is CCOC(=O)C(CC(=O)C(C)(C)C)C(C)=O.CCOC(=O)CC(C)=O. The highest BCUT2D eigenvalue weighted by atomic mass is 16.5. The van der Waals surface area contributed by atoms with Gasteiger partial charge in [-0.3, -0.25) is 24.0 Å². The zero-order chi connectivity index (χ0) is 20.2. The number of ketones is 3. The van der Waals surface area contributed by atoms with Crippen molar-refractivity contribution in [2.24, 2.45) is 11.3 Å². The lowest BCUT2D eigenvalue weighted by atomic mass is 9.84. The predicted molar refractivity (Wildman–Crippen MR) is 91.8 cm³/mol. The molecular weight excluding hydrogens is 328 g/mol. The van der Waals surface area contributed by atoms with E-state index < -0.39 is 23.3 Å². The Bertz CT molecular complexity index is 486. The van der Waals surface area contributed by atoms with E-state index in [9.17, 15) is 24.0 Å². The molecule has 0 fully saturated rings. The Hall–Kier alpha value is -2.05. The lowest BCUT2D eigenvalue weighted by Crippen LogP contribution is -2.31. The predicted octanol–water partition coefficient (Wildman–Crippen LogP) is 2.29. The standard InChI is InChI=1S/C12H20O4.C6H10O3/c1-6-16-11(15)9(8(2)13)7-10(14)12(3,4)5;1-3-9-6(8)4-5(2)7/h9H,6-7H2,1-5H3;3-4H2,1-2H3. The van der Waals surface area contributed by atoms with E-state index in [0.717, 1.165) is 0 Å². The molecule has 1 unspecified atom stereocenters. The van der Waals surface area contributed by atoms with Crippen LogP contribution in [0.25, 0.3) is 0 Å². The van der Waals surface area contributed by atoms with Crippen molar-refractivity contribution in [3.63, 3.8) is 0 Å². The molecule has 1 atom stereocenters. The highest BCUT2D eigenvalue weighted by molar-refractivity contribution is 6.02. The molecule has 0 aliphatic rings. The van der Waals surface area contributed by atoms with Gasteiger partial charge in [-0.15, -0.1) is 0 Å². The second-order valence-electron chi connectivity index (χ2n) is 6.48. The molecule has 0 radical (unpaired) electrons. The summed E-state index contributed by atoms with van der Waals surface area (Å²) in [6.07, 6.45) is -0.175. The Morgan fingerprint density at radius 2 is 1.36 bits per heavy atom. The van der Waals surface area contributed by atoms with Crippen molar-refractivity contribution in [1.82, 2.24) is 0 Å². The number of ether oxygens (including phenoxy) is 2. The maximum Gasteiger partial charge on any atom is 0.316 e. The number of carbonyl (C=O) groups excluding carboxylic acids is 5. The van der Waals surface area contributed by atoms with Crippen LogP contribution in [0, 0.1) is 11.3 Å². The van der Waals surface area contributed by atoms with Crippen LogP contribution in [-0.2, 0) is 33.4 Å². The third-order valence-electron chi connectivity index (χ3n) is 2.99. The summed E-state index contributed by atoms with van der Waals surface area (Å²) in [6, 6.07) is 0. The van der Waals surface area contributed by atoms with Crippen molar-refractivity contribution < 1.29 is 33.4 Å². The van der Waals surface area contributed by atoms with E-state index in [0.29, 0.717) is 6.61 Å². The molecule has 0 bridgehead atoms. The summed E-state index contributed by atoms with van der Waals surface area (Å²) in [4.78, 5) is 55.1. The van der Waals surface area contributed by atoms with Gasteiger partial charge in [0.25, 0.3) is 0 Å². The van der Waals surface area contributed by atoms with Crippen molar-refractivity contribution >= 4 is 29.3 Å². The molecule has 7 heteroatoms. The van der Waals surface area contributed by atoms with Crippen molar-refractivity contribution in [3.8, 4) is 0 Å². The normalized spacial score (nSPS) is 11.5. The zero-order valence-corrected chi connectivity index (χ0v) is 16.3. The molecule has 144 valence electrons. The molecule has 0 saturated carbocycles. The Labute approximate surface area is 149 Å². The summed E-state index contributed by atoms with van der Waals surface area (Å²) in [6.45, 7) is 11.9. The van der Waals surface area contributed by atoms with Crippen LogP contribution in [0.1, 0.15) is 61.3 Å². The summed E-state index contributed by atoms with van der Waals surface area (Å²) in [7, 11) is 0. The van der Waals surface area contributed by atoms with Gasteiger partial charge in [0.2, 0.25) is 0 Å². The molecule has 0 heterocycles. The Morgan fingerprint density at radius 1 is 0.880 bits per heavy atom. The monoisotopic (exact) mass is 358 g/mol. The lowest BCUT2D eigenvalue weighted by Gasteiger charge is -2.19. The smallest absolute Gasteiger partial charge is 0.316 e. The average Bonchev–Trinajstić information content (AvgIpc) is 2.43. The molecule has 0 N–H and O–H groups in total. The molecule has 25 heavy (non-hydrogen) atoms. The fourth-order valence-electron chi connectivity index (χ4n) is 1.54. The minimum absolute atomic E-state index is 0.0718. The van der Waals surface area contributed by atoms with Crippen LogP contribution in [0.4, 0.5) is 0 Å². The highest BCUT2D eigenvalue weighted by Gasteiger charge is 2.31. The molecule has 0 spiro atoms. The van der Waals surface area contributed by atoms with Crippen molar-refractivity contribution in [2.75, 3.05) is 13.2 Å². The van der Waals surface area contributed by atoms with Gasteiger partial charge in [0, 0.05) is 11.8 Å². The van der Waals surface area contributed by atoms with Gasteiger partial charge in [-0.1, -0.05) is 20.8 Å². The van der Waals surface area contributed by atoms with Gasteiger partial charge in [-0.2, -0.15) is 0 Å². The number of Topliss-reactive ketones (excluding diaryl/α,β-unsaturated/α-hetero) is 3. The molecule has 0 aromatic heterocycles. The zero-order valence-electron chi connectivity index (χ0n) is 16.3. The Morgan fingerprint density at radius 3 is 1.68 bits per heavy atom. The highest BCUT2D eigenvalue weighted by Crippen LogP contribution is 2.21. The molecule has 0 amide bonds. The quantitative estimate of drug-likeness (QED) is 0.484. The fourth-order valence-corrected chi connectivity index (χ4v) is 1.54. The van der Waals surface area contributed by atoms with E-state index in [1.54, 1.807) is 34.6 Å². The molecular formula is C18H30O7. The van der Waals surface area contributed by atoms with Crippen molar-refractivity contribution in [2.45, 2.75) is 61.3 Å². The first-order valence-corrected chi connectivity index (χ1v) is 8.22. The number of rotatable bonds is 8. The Kier molecular flexibility index (Phi) is 12.4. The van der Waals surface area contributed by atoms with Crippen LogP contribution in [0.5, 0.6) is 0 Å². The summed E-state index contributed by atoms with van der Waals surface area (Å²) in [5, 5.41) is 0. The summed E-state index contributed by atoms with van der Waals surface area (Å²) in [5.74, 6) is -2.59. The van der Waals surface area contributed by atoms with Crippen LogP contribution in [0.3, 0.4) is 0 Å². The van der Waals surface area contributed by atoms with E-state index in [-0.39, 0.29) is 36.8 Å². The average molecular weight is 358 g/mol. The number of esters is 2. The molecule has 0 aliphatic carbocycles. The minimum Gasteiger partial charge on any atom is -0.466 e. The molecule has 0 aromatic carbocycles. The van der Waals surface area contributed by atoms with Crippen LogP contribution < -0.4 is 0 Å². The van der Waals surface area contributed by atoms with Crippen LogP contribution in [-0.4, -0.2) is 42.5 Å². The van der Waals surface area contributed by atoms with Crippen molar-refractivity contribution in [1.29, 1.82) is 0 Å². The van der Waals surface area contributed by atoms with Gasteiger partial charge in [0.15, 0.2) is 0 Å². The lowest BCUT2D eigenvalue weighted by molar-refractivity contribution is -0.153. The Balaban J connectivity index is 0. The third-order valence-corrected chi connectivity index (χ3v) is 2.99. The first-order chi connectivity index (χ1) is 11.4. The number of hydrogen-bond donors (Lipinski definition) is 0. The van der Waals surface area contributed by atoms with Crippen LogP contribution in [0.15, 0.2) is 0 Å². The second kappa shape index (κ2) is 12.3. The molecule has 7 nitrogen and oxygen atoms in total. The summed E-state index contributed by atoms with van der Waals surface area (Å²) in [5.41, 5.74) is -0.541. The fraction of sp³-hybridized carbons (Fsp3) is 0.722. The van der Waals surface area contributed by atoms with Crippen LogP contribution >= 0.6 is 0 Å². The van der Waals surface area contributed by atoms with Gasteiger partial charge in [0.05, 0.1) is 13.2 Å². The van der Waals surface area contributed by atoms with Gasteiger partial charge in [0.1, 0.15) is 29.7 Å². The molecule has 0 rings (SSSR count). The van der Waals surface area contributed by atoms with Crippen molar-refractivity contribution in [3.05, 3.63) is 0 Å². The molecule has 0 aromatic rings. The first-order valence-electron chi connectivity index (χ1n) is 8.22. The van der Waals surface area contributed by atoms with E-state index >= 15 is 0 Å². The molecule has 0 saturated heterocycles. The summed E-state index contributed by atoms with van der Waals surface area (Å²) < 4.78 is 9.26. The largest absolute Gasteiger partial charge is 0.466 e. The number of carbonyl (C=O) groups is 5. The van der Waals surface area contributed by atoms with Gasteiger partial charge < -0.3 is 9.47 Å². The number of hydrogen-bond acceptors (Lipinski definition) is 7. The maximum atomic E-state index is 11.7. The summed E-state index contributed by atoms with van der Waals surface area (Å²) >= 11 is 0. The van der Waals surface area contributed by atoms with Gasteiger partial charge in [-0.05, 0) is 27.7 Å². The van der Waals surface area contributed by atoms with E-state index in [1.807, 2.05) is 0 Å². The van der Waals surface area contributed by atoms with Gasteiger partial charge >= 0.3 is 11.9 Å². The minimum atomic E-state index is -0.952. The van der Waals surface area contributed by atoms with E-state index in [2.05, 4.69) is 4.74 Å². The van der Waals surface area contributed by atoms with E-state index in [4.69, 9.17) is 4.74 Å². The third kappa shape index (κ3) is 13.0. The topological polar surface area (TPSA) is 104 Å². The van der Waals surface area contributed by atoms with E-state index in [1.165, 1.54) is 13.8 Å². The second-order valence-corrected chi connectivity index (χ2v) is 6.48. The maximum absolute atomic E-state index is 11.7. The van der Waals surface area contributed by atoms with Gasteiger partial charge in [-0.25, -0.2) is 0 Å². The van der Waals surface area contributed by atoms with Crippen LogP contribution in [0.2, 0.25) is 0 Å². The first kappa shape index (κ1) is 25.2.